The maximum Gasteiger partial charge on any atom is 0.251 e. The summed E-state index contributed by atoms with van der Waals surface area (Å²) in [6, 6.07) is 27.3. The fraction of sp³-hybridized carbons (Fsp3) is 0.0938. The van der Waals surface area contributed by atoms with Crippen LogP contribution in [-0.4, -0.2) is 39.9 Å². The van der Waals surface area contributed by atoms with Crippen LogP contribution in [0.2, 0.25) is 0 Å². The van der Waals surface area contributed by atoms with Crippen LogP contribution in [-0.2, 0) is 6.42 Å². The number of amides is 1. The summed E-state index contributed by atoms with van der Waals surface area (Å²) < 4.78 is 0. The number of aromatic nitrogens is 2. The molecule has 0 aliphatic heterocycles. The van der Waals surface area contributed by atoms with Crippen molar-refractivity contribution in [3.63, 3.8) is 0 Å². The zero-order valence-corrected chi connectivity index (χ0v) is 22.7. The van der Waals surface area contributed by atoms with Gasteiger partial charge in [0, 0.05) is 47.0 Å². The van der Waals surface area contributed by atoms with E-state index >= 15 is 0 Å². The average molecular weight is 560 g/mol. The van der Waals surface area contributed by atoms with Crippen LogP contribution in [0.3, 0.4) is 0 Å². The third-order valence-electron chi connectivity index (χ3n) is 6.33. The second kappa shape index (κ2) is 12.7. The fourth-order valence-electron chi connectivity index (χ4n) is 4.36. The number of nitriles is 1. The van der Waals surface area contributed by atoms with Gasteiger partial charge in [-0.25, -0.2) is 4.98 Å². The summed E-state index contributed by atoms with van der Waals surface area (Å²) in [7, 11) is 0. The van der Waals surface area contributed by atoms with Gasteiger partial charge in [-0.1, -0.05) is 42.5 Å². The molecule has 8 nitrogen and oxygen atoms in total. The Morgan fingerprint density at radius 1 is 0.927 bits per heavy atom. The van der Waals surface area contributed by atoms with Gasteiger partial charge < -0.3 is 15.7 Å². The number of Topliss-reactive ketones (excluding diaryl/α,β-unsaturated/α-hetero) is 1. The van der Waals surface area contributed by atoms with E-state index in [0.717, 1.165) is 5.69 Å². The number of nitrogens with zero attached hydrogens (tertiary/aromatic N) is 3. The largest absolute Gasteiger partial charge is 0.507 e. The lowest BCUT2D eigenvalue weighted by Crippen LogP contribution is -2.28. The Morgan fingerprint density at radius 3 is 2.49 bits per heavy atom. The number of carbonyl (C=O) groups excluding carboxylic acids is 2. The Morgan fingerprint density at radius 2 is 1.73 bits per heavy atom. The van der Waals surface area contributed by atoms with Crippen molar-refractivity contribution in [2.75, 3.05) is 18.4 Å². The van der Waals surface area contributed by atoms with Crippen molar-refractivity contribution in [1.29, 1.82) is 5.26 Å². The third-order valence-corrected chi connectivity index (χ3v) is 7.15. The van der Waals surface area contributed by atoms with Crippen molar-refractivity contribution >= 4 is 28.7 Å². The molecule has 41 heavy (non-hydrogen) atoms. The molecule has 2 heterocycles. The topological polar surface area (TPSA) is 128 Å². The molecule has 9 heteroatoms. The SMILES string of the molecule is N#Cc1c(-c2cccc(C(=O)NCCNc3ccccc3)c2)cc(-c2ccccc2O)nc1CC(=O)c1nccs1. The first-order chi connectivity index (χ1) is 20.0. The first-order valence-corrected chi connectivity index (χ1v) is 13.7. The van der Waals surface area contributed by atoms with Crippen molar-refractivity contribution in [2.45, 2.75) is 6.42 Å². The zero-order valence-electron chi connectivity index (χ0n) is 21.9. The van der Waals surface area contributed by atoms with E-state index in [4.69, 9.17) is 0 Å². The van der Waals surface area contributed by atoms with Crippen molar-refractivity contribution < 1.29 is 14.7 Å². The Kier molecular flexibility index (Phi) is 8.43. The zero-order chi connectivity index (χ0) is 28.6. The van der Waals surface area contributed by atoms with Gasteiger partial charge in [-0.05, 0) is 48.0 Å². The second-order valence-corrected chi connectivity index (χ2v) is 9.97. The van der Waals surface area contributed by atoms with E-state index in [1.807, 2.05) is 30.3 Å². The monoisotopic (exact) mass is 559 g/mol. The molecular formula is C32H25N5O3S. The summed E-state index contributed by atoms with van der Waals surface area (Å²) in [5.74, 6) is -0.499. The molecular weight excluding hydrogens is 534 g/mol. The summed E-state index contributed by atoms with van der Waals surface area (Å²) in [6.07, 6.45) is 1.41. The molecule has 5 rings (SSSR count). The minimum atomic E-state index is -0.262. The lowest BCUT2D eigenvalue weighted by Gasteiger charge is -2.14. The standard InChI is InChI=1S/C32H25N5O3S/c33-20-26-25(21-7-6-8-22(17-21)31(40)35-14-13-34-23-9-2-1-3-10-23)18-27(24-11-4-5-12-29(24)38)37-28(26)19-30(39)32-36-15-16-41-32/h1-12,15-18,34,38H,13-14,19H2,(H,35,40). The predicted octanol–water partition coefficient (Wildman–Crippen LogP) is 5.72. The van der Waals surface area contributed by atoms with Gasteiger partial charge in [0.2, 0.25) is 0 Å². The van der Waals surface area contributed by atoms with Gasteiger partial charge in [0.05, 0.1) is 23.4 Å². The number of aromatic hydroxyl groups is 1. The van der Waals surface area contributed by atoms with Crippen LogP contribution < -0.4 is 10.6 Å². The van der Waals surface area contributed by atoms with Gasteiger partial charge in [-0.15, -0.1) is 11.3 Å². The van der Waals surface area contributed by atoms with Crippen molar-refractivity contribution in [3.8, 4) is 34.2 Å². The third kappa shape index (κ3) is 6.46. The molecule has 0 radical (unpaired) electrons. The second-order valence-electron chi connectivity index (χ2n) is 9.07. The van der Waals surface area contributed by atoms with Crippen LogP contribution in [0.1, 0.15) is 31.4 Å². The number of anilines is 1. The minimum absolute atomic E-state index is 0.0186. The number of ketones is 1. The van der Waals surface area contributed by atoms with Crippen LogP contribution in [0.4, 0.5) is 5.69 Å². The molecule has 0 saturated carbocycles. The van der Waals surface area contributed by atoms with E-state index < -0.39 is 0 Å². The van der Waals surface area contributed by atoms with Gasteiger partial charge in [-0.2, -0.15) is 5.26 Å². The maximum atomic E-state index is 13.0. The molecule has 3 N–H and O–H groups in total. The van der Waals surface area contributed by atoms with Crippen LogP contribution in [0.25, 0.3) is 22.4 Å². The predicted molar refractivity (Wildman–Crippen MR) is 159 cm³/mol. The van der Waals surface area contributed by atoms with E-state index in [1.165, 1.54) is 11.3 Å². The van der Waals surface area contributed by atoms with Crippen LogP contribution in [0.5, 0.6) is 5.75 Å². The van der Waals surface area contributed by atoms with Crippen LogP contribution >= 0.6 is 11.3 Å². The summed E-state index contributed by atoms with van der Waals surface area (Å²) in [4.78, 5) is 34.6. The minimum Gasteiger partial charge on any atom is -0.507 e. The highest BCUT2D eigenvalue weighted by Gasteiger charge is 2.21. The summed E-state index contributed by atoms with van der Waals surface area (Å²) in [5.41, 5.74) is 3.86. The number of pyridine rings is 1. The number of benzene rings is 3. The molecule has 0 fully saturated rings. The number of rotatable bonds is 10. The quantitative estimate of drug-likeness (QED) is 0.148. The van der Waals surface area contributed by atoms with Gasteiger partial charge >= 0.3 is 0 Å². The van der Waals surface area contributed by atoms with E-state index in [2.05, 4.69) is 26.7 Å². The highest BCUT2D eigenvalue weighted by Crippen LogP contribution is 2.34. The highest BCUT2D eigenvalue weighted by atomic mass is 32.1. The van der Waals surface area contributed by atoms with Gasteiger partial charge in [-0.3, -0.25) is 14.6 Å². The molecule has 0 aliphatic carbocycles. The number of phenolic OH excluding ortho intramolecular Hbond substituents is 1. The van der Waals surface area contributed by atoms with Crippen molar-refractivity contribution in [1.82, 2.24) is 15.3 Å². The van der Waals surface area contributed by atoms with E-state index in [0.29, 0.717) is 46.0 Å². The summed E-state index contributed by atoms with van der Waals surface area (Å²) >= 11 is 1.22. The lowest BCUT2D eigenvalue weighted by atomic mass is 9.94. The molecule has 0 atom stereocenters. The first-order valence-electron chi connectivity index (χ1n) is 12.9. The van der Waals surface area contributed by atoms with Gasteiger partial charge in [0.15, 0.2) is 10.8 Å². The molecule has 0 aliphatic rings. The first kappa shape index (κ1) is 27.2. The smallest absolute Gasteiger partial charge is 0.251 e. The van der Waals surface area contributed by atoms with Crippen LogP contribution in [0.15, 0.2) is 96.5 Å². The normalized spacial score (nSPS) is 10.5. The fourth-order valence-corrected chi connectivity index (χ4v) is 4.94. The van der Waals surface area contributed by atoms with Gasteiger partial charge in [0.25, 0.3) is 5.91 Å². The molecule has 0 unspecified atom stereocenters. The molecule has 202 valence electrons. The molecule has 0 spiro atoms. The van der Waals surface area contributed by atoms with E-state index in [9.17, 15) is 20.0 Å². The summed E-state index contributed by atoms with van der Waals surface area (Å²) in [6.45, 7) is 0.968. The van der Waals surface area contributed by atoms with Crippen molar-refractivity contribution in [2.24, 2.45) is 0 Å². The number of hydrogen-bond donors (Lipinski definition) is 3. The van der Waals surface area contributed by atoms with Gasteiger partial charge in [0.1, 0.15) is 11.8 Å². The molecule has 3 aromatic carbocycles. The number of carbonyl (C=O) groups is 2. The lowest BCUT2D eigenvalue weighted by molar-refractivity contribution is 0.0953. The molecule has 0 saturated heterocycles. The molecule has 1 amide bonds. The number of nitrogens with one attached hydrogen (secondary N) is 2. The van der Waals surface area contributed by atoms with E-state index in [1.54, 1.807) is 66.2 Å². The Bertz CT molecular complexity index is 1730. The highest BCUT2D eigenvalue weighted by molar-refractivity contribution is 7.11. The van der Waals surface area contributed by atoms with Crippen LogP contribution in [0, 0.1) is 11.3 Å². The number of hydrogen-bond acceptors (Lipinski definition) is 8. The number of phenols is 1. The molecule has 0 bridgehead atoms. The number of thiazole rings is 1. The van der Waals surface area contributed by atoms with E-state index in [-0.39, 0.29) is 35.1 Å². The van der Waals surface area contributed by atoms with Crippen molar-refractivity contribution in [3.05, 3.63) is 118 Å². The Balaban J connectivity index is 1.46. The maximum absolute atomic E-state index is 13.0. The Hall–Kier alpha value is -5.33. The average Bonchev–Trinajstić information content (AvgIpc) is 3.55. The Labute approximate surface area is 241 Å². The molecule has 2 aromatic heterocycles. The summed E-state index contributed by atoms with van der Waals surface area (Å²) in [5, 5.41) is 28.9. The number of para-hydroxylation sites is 2. The molecule has 5 aromatic rings.